The number of nitrogens with zero attached hydrogens (tertiary/aromatic N) is 1. The molecule has 0 aliphatic heterocycles. The number of amides is 2. The maximum atomic E-state index is 12.9. The lowest BCUT2D eigenvalue weighted by atomic mass is 10.1. The number of para-hydroxylation sites is 1. The van der Waals surface area contributed by atoms with E-state index in [0.717, 1.165) is 16.8 Å². The zero-order valence-corrected chi connectivity index (χ0v) is 17.2. The Morgan fingerprint density at radius 2 is 1.77 bits per heavy atom. The van der Waals surface area contributed by atoms with Gasteiger partial charge in [-0.05, 0) is 42.3 Å². The molecule has 0 fully saturated rings. The lowest BCUT2D eigenvalue weighted by molar-refractivity contribution is 0.0961. The van der Waals surface area contributed by atoms with Crippen LogP contribution in [0.2, 0.25) is 0 Å². The van der Waals surface area contributed by atoms with E-state index in [0.29, 0.717) is 29.2 Å². The number of anilines is 3. The smallest absolute Gasteiger partial charge is 0.255 e. The molecule has 3 N–H and O–H groups in total. The minimum absolute atomic E-state index is 0.289. The van der Waals surface area contributed by atoms with Gasteiger partial charge in [0.2, 0.25) is 0 Å². The van der Waals surface area contributed by atoms with Gasteiger partial charge >= 0.3 is 0 Å². The Kier molecular flexibility index (Phi) is 6.77. The quantitative estimate of drug-likeness (QED) is 0.556. The predicted octanol–water partition coefficient (Wildman–Crippen LogP) is 3.89. The van der Waals surface area contributed by atoms with Crippen LogP contribution in [0.5, 0.6) is 0 Å². The van der Waals surface area contributed by atoms with Gasteiger partial charge in [-0.2, -0.15) is 0 Å². The number of pyridine rings is 1. The summed E-state index contributed by atoms with van der Waals surface area (Å²) in [4.78, 5) is 29.3. The topological polar surface area (TPSA) is 92.4 Å². The van der Waals surface area contributed by atoms with Crippen molar-refractivity contribution in [3.63, 3.8) is 0 Å². The zero-order valence-electron chi connectivity index (χ0n) is 17.2. The third kappa shape index (κ3) is 5.01. The van der Waals surface area contributed by atoms with Crippen LogP contribution in [0.15, 0.2) is 60.8 Å². The summed E-state index contributed by atoms with van der Waals surface area (Å²) in [5, 5.41) is 8.67. The average molecular weight is 404 g/mol. The Morgan fingerprint density at radius 1 is 0.967 bits per heavy atom. The van der Waals surface area contributed by atoms with Crippen LogP contribution >= 0.6 is 0 Å². The molecule has 1 heterocycles. The fourth-order valence-corrected chi connectivity index (χ4v) is 2.93. The molecule has 0 unspecified atom stereocenters. The lowest BCUT2D eigenvalue weighted by Gasteiger charge is -2.15. The van der Waals surface area contributed by atoms with Crippen molar-refractivity contribution >= 4 is 29.0 Å². The van der Waals surface area contributed by atoms with E-state index in [1.165, 1.54) is 6.20 Å². The number of benzene rings is 2. The first-order chi connectivity index (χ1) is 14.5. The van der Waals surface area contributed by atoms with E-state index in [-0.39, 0.29) is 11.8 Å². The van der Waals surface area contributed by atoms with Crippen molar-refractivity contribution < 1.29 is 14.3 Å². The van der Waals surface area contributed by atoms with Crippen LogP contribution in [-0.4, -0.2) is 31.0 Å². The van der Waals surface area contributed by atoms with Crippen LogP contribution in [0, 0.1) is 6.92 Å². The van der Waals surface area contributed by atoms with E-state index in [1.807, 2.05) is 37.3 Å². The summed E-state index contributed by atoms with van der Waals surface area (Å²) in [5.74, 6) is -0.155. The molecule has 30 heavy (non-hydrogen) atoms. The summed E-state index contributed by atoms with van der Waals surface area (Å²) in [6.07, 6.45) is 1.47. The molecule has 1 aromatic heterocycles. The second-order valence-electron chi connectivity index (χ2n) is 6.73. The summed E-state index contributed by atoms with van der Waals surface area (Å²) in [7, 11) is 3.15. The molecule has 0 radical (unpaired) electrons. The normalized spacial score (nSPS) is 10.4. The molecule has 0 saturated carbocycles. The zero-order chi connectivity index (χ0) is 21.5. The van der Waals surface area contributed by atoms with Crippen molar-refractivity contribution in [3.8, 4) is 0 Å². The fourth-order valence-electron chi connectivity index (χ4n) is 2.93. The van der Waals surface area contributed by atoms with Crippen LogP contribution in [0.3, 0.4) is 0 Å². The van der Waals surface area contributed by atoms with Crippen molar-refractivity contribution in [2.45, 2.75) is 13.5 Å². The number of hydrogen-bond donors (Lipinski definition) is 3. The van der Waals surface area contributed by atoms with Crippen LogP contribution < -0.4 is 16.0 Å². The molecular weight excluding hydrogens is 380 g/mol. The first kappa shape index (κ1) is 21.0. The summed E-state index contributed by atoms with van der Waals surface area (Å²) in [6, 6.07) is 16.5. The third-order valence-electron chi connectivity index (χ3n) is 4.52. The number of rotatable bonds is 7. The minimum Gasteiger partial charge on any atom is -0.380 e. The lowest BCUT2D eigenvalue weighted by Crippen LogP contribution is -2.20. The molecule has 3 rings (SSSR count). The van der Waals surface area contributed by atoms with Crippen LogP contribution in [0.25, 0.3) is 0 Å². The molecule has 0 aliphatic rings. The van der Waals surface area contributed by atoms with Gasteiger partial charge in [-0.1, -0.05) is 30.3 Å². The van der Waals surface area contributed by atoms with E-state index in [2.05, 4.69) is 20.9 Å². The second-order valence-corrected chi connectivity index (χ2v) is 6.73. The number of aryl methyl sites for hydroxylation is 1. The maximum Gasteiger partial charge on any atom is 0.255 e. The largest absolute Gasteiger partial charge is 0.380 e. The Bertz CT molecular complexity index is 1070. The average Bonchev–Trinajstić information content (AvgIpc) is 2.76. The van der Waals surface area contributed by atoms with Gasteiger partial charge < -0.3 is 20.7 Å². The SMILES string of the molecule is CNC(=O)c1cnc(Nc2ccccc2C)c(NC(=O)c2cccc(COC)c2)c1. The van der Waals surface area contributed by atoms with Gasteiger partial charge in [0.05, 0.1) is 17.9 Å². The highest BCUT2D eigenvalue weighted by atomic mass is 16.5. The fraction of sp³-hybridized carbons (Fsp3) is 0.174. The molecule has 3 aromatic rings. The molecular formula is C23H24N4O3. The number of hydrogen-bond acceptors (Lipinski definition) is 5. The number of aromatic nitrogens is 1. The standard InChI is InChI=1S/C23H24N4O3/c1-15-7-4-5-10-19(15)26-21-20(12-18(13-25-21)22(28)24-2)27-23(29)17-9-6-8-16(11-17)14-30-3/h4-13H,14H2,1-3H3,(H,24,28)(H,25,26)(H,27,29). The van der Waals surface area contributed by atoms with Crippen LogP contribution in [-0.2, 0) is 11.3 Å². The van der Waals surface area contributed by atoms with Gasteiger partial charge in [-0.25, -0.2) is 4.98 Å². The van der Waals surface area contributed by atoms with E-state index in [1.54, 1.807) is 38.4 Å². The summed E-state index contributed by atoms with van der Waals surface area (Å²) in [5.41, 5.74) is 4.00. The van der Waals surface area contributed by atoms with Crippen LogP contribution in [0.1, 0.15) is 31.8 Å². The first-order valence-corrected chi connectivity index (χ1v) is 9.46. The van der Waals surface area contributed by atoms with Gasteiger partial charge in [-0.3, -0.25) is 9.59 Å². The molecule has 0 saturated heterocycles. The number of methoxy groups -OCH3 is 1. The van der Waals surface area contributed by atoms with Gasteiger partial charge in [0, 0.05) is 31.6 Å². The molecule has 0 spiro atoms. The highest BCUT2D eigenvalue weighted by Gasteiger charge is 2.15. The number of carbonyl (C=O) groups excluding carboxylic acids is 2. The number of ether oxygens (including phenoxy) is 1. The van der Waals surface area contributed by atoms with Crippen molar-refractivity contribution in [3.05, 3.63) is 83.0 Å². The molecule has 0 aliphatic carbocycles. The maximum absolute atomic E-state index is 12.9. The molecule has 0 atom stereocenters. The monoisotopic (exact) mass is 404 g/mol. The van der Waals surface area contributed by atoms with E-state index >= 15 is 0 Å². The third-order valence-corrected chi connectivity index (χ3v) is 4.52. The van der Waals surface area contributed by atoms with Gasteiger partial charge in [-0.15, -0.1) is 0 Å². The molecule has 0 bridgehead atoms. The van der Waals surface area contributed by atoms with Gasteiger partial charge in [0.1, 0.15) is 0 Å². The summed E-state index contributed by atoms with van der Waals surface area (Å²) >= 11 is 0. The van der Waals surface area contributed by atoms with E-state index < -0.39 is 0 Å². The summed E-state index contributed by atoms with van der Waals surface area (Å²) in [6.45, 7) is 2.38. The Morgan fingerprint density at radius 3 is 2.50 bits per heavy atom. The second kappa shape index (κ2) is 9.67. The highest BCUT2D eigenvalue weighted by molar-refractivity contribution is 6.07. The van der Waals surface area contributed by atoms with Crippen molar-refractivity contribution in [1.29, 1.82) is 0 Å². The first-order valence-electron chi connectivity index (χ1n) is 9.46. The van der Waals surface area contributed by atoms with Crippen molar-refractivity contribution in [1.82, 2.24) is 10.3 Å². The molecule has 154 valence electrons. The Balaban J connectivity index is 1.94. The molecule has 7 heteroatoms. The molecule has 2 aromatic carbocycles. The number of nitrogens with one attached hydrogen (secondary N) is 3. The molecule has 2 amide bonds. The Labute approximate surface area is 175 Å². The predicted molar refractivity (Wildman–Crippen MR) is 117 cm³/mol. The van der Waals surface area contributed by atoms with Crippen LogP contribution in [0.4, 0.5) is 17.2 Å². The van der Waals surface area contributed by atoms with Gasteiger partial charge in [0.15, 0.2) is 5.82 Å². The van der Waals surface area contributed by atoms with Gasteiger partial charge in [0.25, 0.3) is 11.8 Å². The highest BCUT2D eigenvalue weighted by Crippen LogP contribution is 2.26. The van der Waals surface area contributed by atoms with E-state index in [4.69, 9.17) is 4.74 Å². The minimum atomic E-state index is -0.309. The Hall–Kier alpha value is -3.71. The number of carbonyl (C=O) groups is 2. The van der Waals surface area contributed by atoms with Crippen molar-refractivity contribution in [2.24, 2.45) is 0 Å². The summed E-state index contributed by atoms with van der Waals surface area (Å²) < 4.78 is 5.14. The molecule has 7 nitrogen and oxygen atoms in total. The van der Waals surface area contributed by atoms with Crippen molar-refractivity contribution in [2.75, 3.05) is 24.8 Å². The van der Waals surface area contributed by atoms with E-state index in [9.17, 15) is 9.59 Å².